The Morgan fingerprint density at radius 2 is 1.28 bits per heavy atom. The van der Waals surface area contributed by atoms with E-state index in [-0.39, 0.29) is 50.1 Å². The minimum absolute atomic E-state index is 0.0206. The molecule has 0 heterocycles. The van der Waals surface area contributed by atoms with Crippen LogP contribution in [-0.2, 0) is 9.59 Å². The number of hydrogen-bond acceptors (Lipinski definition) is 4. The van der Waals surface area contributed by atoms with Crippen LogP contribution in [0.1, 0.15) is 120 Å². The maximum atomic E-state index is 14.5. The Bertz CT molecular complexity index is 1050. The average molecular weight is 499 g/mol. The van der Waals surface area contributed by atoms with Crippen molar-refractivity contribution >= 4 is 11.6 Å². The standard InChI is InChI=1S/C32H50O4/c1-25(2)10-14-32(36)15-11-27(5)23(21(32)17-25)22(34)18-31(9)29(27,7)13-12-28(6)26(3,4)24(35)20(19-33)16-30(28,31)8/h19,21,23,33,36H,10-18H2,1-9H3/b20-19+/t21?,23?,27-,28+,29+,30+,31+,32+/m1/s1. The molecule has 0 saturated heterocycles. The van der Waals surface area contributed by atoms with Gasteiger partial charge in [-0.15, -0.1) is 0 Å². The van der Waals surface area contributed by atoms with Gasteiger partial charge in [0.2, 0.25) is 0 Å². The van der Waals surface area contributed by atoms with Gasteiger partial charge in [0, 0.05) is 23.3 Å². The summed E-state index contributed by atoms with van der Waals surface area (Å²) in [6.07, 6.45) is 8.36. The van der Waals surface area contributed by atoms with Gasteiger partial charge in [0.25, 0.3) is 0 Å². The first-order valence-electron chi connectivity index (χ1n) is 14.4. The molecular formula is C32H50O4. The van der Waals surface area contributed by atoms with Gasteiger partial charge < -0.3 is 10.2 Å². The fourth-order valence-corrected chi connectivity index (χ4v) is 11.3. The summed E-state index contributed by atoms with van der Waals surface area (Å²) in [6, 6.07) is 0. The van der Waals surface area contributed by atoms with Crippen LogP contribution in [0.25, 0.3) is 0 Å². The third-order valence-corrected chi connectivity index (χ3v) is 14.7. The monoisotopic (exact) mass is 498 g/mol. The summed E-state index contributed by atoms with van der Waals surface area (Å²) < 4.78 is 0. The summed E-state index contributed by atoms with van der Waals surface area (Å²) in [6.45, 7) is 20.5. The summed E-state index contributed by atoms with van der Waals surface area (Å²) >= 11 is 0. The van der Waals surface area contributed by atoms with E-state index in [0.717, 1.165) is 51.2 Å². The molecule has 2 N–H and O–H groups in total. The Morgan fingerprint density at radius 1 is 0.722 bits per heavy atom. The maximum Gasteiger partial charge on any atom is 0.168 e. The van der Waals surface area contributed by atoms with Crippen LogP contribution in [0.4, 0.5) is 0 Å². The molecule has 0 aliphatic heterocycles. The molecule has 8 atom stereocenters. The van der Waals surface area contributed by atoms with Crippen molar-refractivity contribution in [2.75, 3.05) is 0 Å². The quantitative estimate of drug-likeness (QED) is 0.274. The molecule has 0 aromatic heterocycles. The zero-order chi connectivity index (χ0) is 27.0. The Hall–Kier alpha value is -1.16. The summed E-state index contributed by atoms with van der Waals surface area (Å²) in [5.74, 6) is 0.281. The molecule has 0 aromatic carbocycles. The fraction of sp³-hybridized carbons (Fsp3) is 0.875. The van der Waals surface area contributed by atoms with Crippen LogP contribution >= 0.6 is 0 Å². The molecule has 4 heteroatoms. The number of carbonyl (C=O) groups excluding carboxylic acids is 2. The summed E-state index contributed by atoms with van der Waals surface area (Å²) in [5, 5.41) is 22.0. The number of aliphatic hydroxyl groups is 2. The molecule has 5 rings (SSSR count). The summed E-state index contributed by atoms with van der Waals surface area (Å²) in [5.41, 5.74) is -1.97. The fourth-order valence-electron chi connectivity index (χ4n) is 11.3. The Morgan fingerprint density at radius 3 is 1.89 bits per heavy atom. The smallest absolute Gasteiger partial charge is 0.168 e. The largest absolute Gasteiger partial charge is 0.515 e. The average Bonchev–Trinajstić information content (AvgIpc) is 2.78. The molecule has 0 bridgehead atoms. The lowest BCUT2D eigenvalue weighted by Crippen LogP contribution is -2.76. The van der Waals surface area contributed by atoms with Gasteiger partial charge in [-0.1, -0.05) is 62.3 Å². The highest BCUT2D eigenvalue weighted by Gasteiger charge is 2.79. The van der Waals surface area contributed by atoms with E-state index < -0.39 is 11.0 Å². The molecule has 4 nitrogen and oxygen atoms in total. The Kier molecular flexibility index (Phi) is 5.19. The van der Waals surface area contributed by atoms with Gasteiger partial charge in [-0.2, -0.15) is 0 Å². The zero-order valence-electron chi connectivity index (χ0n) is 24.3. The lowest BCUT2D eigenvalue weighted by atomic mass is 9.24. The predicted molar refractivity (Wildman–Crippen MR) is 142 cm³/mol. The van der Waals surface area contributed by atoms with Crippen LogP contribution < -0.4 is 0 Å². The molecule has 202 valence electrons. The number of allylic oxidation sites excluding steroid dienone is 1. The number of ketones is 2. The van der Waals surface area contributed by atoms with E-state index in [0.29, 0.717) is 24.2 Å². The number of carbonyl (C=O) groups is 2. The molecule has 0 spiro atoms. The van der Waals surface area contributed by atoms with Gasteiger partial charge in [-0.05, 0) is 89.8 Å². The minimum Gasteiger partial charge on any atom is -0.515 e. The normalized spacial score (nSPS) is 54.8. The number of hydrogen-bond donors (Lipinski definition) is 2. The first-order valence-corrected chi connectivity index (χ1v) is 14.4. The second-order valence-corrected chi connectivity index (χ2v) is 16.2. The molecular weight excluding hydrogens is 448 g/mol. The molecule has 5 aliphatic rings. The van der Waals surface area contributed by atoms with Gasteiger partial charge >= 0.3 is 0 Å². The van der Waals surface area contributed by atoms with Crippen LogP contribution in [0.3, 0.4) is 0 Å². The molecule has 2 unspecified atom stereocenters. The SMILES string of the molecule is CC1(C)CC[C@]2(O)CC[C@]3(C)C(C(=O)C[C@]4(C)[C@@]5(C)C/C(=C\O)C(=O)C(C)(C)[C@]5(C)CC[C@]43C)C2C1. The van der Waals surface area contributed by atoms with Crippen LogP contribution in [0.15, 0.2) is 11.8 Å². The second-order valence-electron chi connectivity index (χ2n) is 16.2. The maximum absolute atomic E-state index is 14.5. The zero-order valence-corrected chi connectivity index (χ0v) is 24.3. The Balaban J connectivity index is 1.68. The molecule has 0 amide bonds. The molecule has 5 fully saturated rings. The van der Waals surface area contributed by atoms with Crippen molar-refractivity contribution in [3.05, 3.63) is 11.8 Å². The highest BCUT2D eigenvalue weighted by atomic mass is 16.3. The van der Waals surface area contributed by atoms with Crippen molar-refractivity contribution in [2.45, 2.75) is 126 Å². The van der Waals surface area contributed by atoms with Crippen molar-refractivity contribution in [2.24, 2.45) is 49.7 Å². The van der Waals surface area contributed by atoms with Gasteiger partial charge in [0.05, 0.1) is 11.9 Å². The van der Waals surface area contributed by atoms with Crippen LogP contribution in [0, 0.1) is 49.7 Å². The number of rotatable bonds is 0. The van der Waals surface area contributed by atoms with Gasteiger partial charge in [0.15, 0.2) is 5.78 Å². The third-order valence-electron chi connectivity index (χ3n) is 14.7. The van der Waals surface area contributed by atoms with Crippen molar-refractivity contribution < 1.29 is 19.8 Å². The molecule has 5 saturated carbocycles. The van der Waals surface area contributed by atoms with Crippen molar-refractivity contribution in [3.8, 4) is 0 Å². The molecule has 0 aromatic rings. The number of aliphatic hydroxyl groups excluding tert-OH is 1. The lowest BCUT2D eigenvalue weighted by Gasteiger charge is -2.78. The molecule has 5 aliphatic carbocycles. The van der Waals surface area contributed by atoms with E-state index in [9.17, 15) is 19.8 Å². The third kappa shape index (κ3) is 2.66. The van der Waals surface area contributed by atoms with Crippen LogP contribution in [0.2, 0.25) is 0 Å². The van der Waals surface area contributed by atoms with Gasteiger partial charge in [0.1, 0.15) is 5.78 Å². The minimum atomic E-state index is -0.724. The first kappa shape index (κ1) is 26.4. The number of Topliss-reactive ketones (excluding diaryl/α,β-unsaturated/α-hetero) is 2. The second kappa shape index (κ2) is 7.07. The number of fused-ring (bicyclic) bond motifs is 7. The van der Waals surface area contributed by atoms with Gasteiger partial charge in [-0.3, -0.25) is 9.59 Å². The first-order chi connectivity index (χ1) is 16.3. The topological polar surface area (TPSA) is 74.6 Å². The highest BCUT2D eigenvalue weighted by Crippen LogP contribution is 2.82. The lowest BCUT2D eigenvalue weighted by molar-refractivity contribution is -0.295. The summed E-state index contributed by atoms with van der Waals surface area (Å²) in [7, 11) is 0. The van der Waals surface area contributed by atoms with Gasteiger partial charge in [-0.25, -0.2) is 0 Å². The van der Waals surface area contributed by atoms with E-state index in [2.05, 4.69) is 62.3 Å². The van der Waals surface area contributed by atoms with Crippen molar-refractivity contribution in [3.63, 3.8) is 0 Å². The van der Waals surface area contributed by atoms with Crippen molar-refractivity contribution in [1.29, 1.82) is 0 Å². The van der Waals surface area contributed by atoms with E-state index in [1.807, 2.05) is 0 Å². The molecule has 0 radical (unpaired) electrons. The van der Waals surface area contributed by atoms with Crippen LogP contribution in [-0.4, -0.2) is 27.4 Å². The van der Waals surface area contributed by atoms with E-state index in [4.69, 9.17) is 0 Å². The van der Waals surface area contributed by atoms with E-state index in [1.54, 1.807) is 0 Å². The van der Waals surface area contributed by atoms with E-state index in [1.165, 1.54) is 0 Å². The Labute approximate surface area is 218 Å². The van der Waals surface area contributed by atoms with Crippen molar-refractivity contribution in [1.82, 2.24) is 0 Å². The van der Waals surface area contributed by atoms with E-state index >= 15 is 0 Å². The van der Waals surface area contributed by atoms with Crippen LogP contribution in [0.5, 0.6) is 0 Å². The molecule has 36 heavy (non-hydrogen) atoms. The summed E-state index contributed by atoms with van der Waals surface area (Å²) in [4.78, 5) is 28.0. The highest BCUT2D eigenvalue weighted by molar-refractivity contribution is 6.01. The predicted octanol–water partition coefficient (Wildman–Crippen LogP) is 7.19.